The molecule has 0 atom stereocenters. The van der Waals surface area contributed by atoms with Crippen molar-refractivity contribution in [1.29, 1.82) is 0 Å². The maximum absolute atomic E-state index is 12.6. The summed E-state index contributed by atoms with van der Waals surface area (Å²) >= 11 is 0. The van der Waals surface area contributed by atoms with Crippen molar-refractivity contribution in [3.8, 4) is 11.5 Å². The molecule has 0 aromatic heterocycles. The quantitative estimate of drug-likeness (QED) is 0.155. The molecule has 6 N–H and O–H groups in total. The maximum Gasteiger partial charge on any atom is 2.00 e. The maximum atomic E-state index is 12.6. The topological polar surface area (TPSA) is 258 Å². The number of fused-ring (bicyclic) bond motifs is 4. The molecule has 0 spiro atoms. The van der Waals surface area contributed by atoms with Gasteiger partial charge < -0.3 is 67.6 Å². The summed E-state index contributed by atoms with van der Waals surface area (Å²) in [5.41, 5.74) is 5.44. The minimum Gasteiger partial charge on any atom is -0.872 e. The van der Waals surface area contributed by atoms with Gasteiger partial charge >= 0.3 is 34.1 Å². The molecule has 17 heteroatoms. The summed E-state index contributed by atoms with van der Waals surface area (Å²) < 4.78 is 0. The van der Waals surface area contributed by atoms with Gasteiger partial charge in [0.05, 0.1) is 10.2 Å². The molecule has 3 rings (SSSR count). The molecule has 0 saturated heterocycles. The molecular weight excluding hydrogens is 619 g/mol. The smallest absolute Gasteiger partial charge is 0.872 e. The Bertz CT molecular complexity index is 872. The van der Waals surface area contributed by atoms with Crippen molar-refractivity contribution < 1.29 is 60.0 Å². The standard InChI is InChI=1S/C22H32N4O2.2Cu.2NO3.H2O/c1-15-7-17-11-23-3-5-25-13-19-9-16(2)10-20(22(19)28)14-26-6-4-24-12-18(8-15)21(17)27;;;2*2-1(3)4;/h7-10,23-28H,3-6,11-14H2,1-2H3;;;;;1H2/q;2*+2;2*-1;/p-2. The molecular formula is C22H32Cu2N6O9. The van der Waals surface area contributed by atoms with Crippen molar-refractivity contribution in [1.82, 2.24) is 21.3 Å². The van der Waals surface area contributed by atoms with Crippen molar-refractivity contribution in [2.24, 2.45) is 0 Å². The van der Waals surface area contributed by atoms with E-state index in [0.29, 0.717) is 26.2 Å². The molecule has 0 saturated carbocycles. The predicted octanol–water partition coefficient (Wildman–Crippen LogP) is -0.785. The number of nitrogens with zero attached hydrogens (tertiary/aromatic N) is 2. The number of hydrogen-bond donors (Lipinski definition) is 4. The molecule has 0 unspecified atom stereocenters. The summed E-state index contributed by atoms with van der Waals surface area (Å²) in [7, 11) is 0. The SMILES string of the molecule is Cc1cc2c([O-])c(c1)CNCCNCc1cc(C)cc(c1[O-])CNCCNC2.O.O=[N+]([O-])[O-].O=[N+]([O-])[O-].[Cu+2].[Cu+2]. The number of hydrogen-bond acceptors (Lipinski definition) is 12. The number of nitrogens with one attached hydrogen (secondary N) is 4. The Balaban J connectivity index is -0.00000104. The Labute approximate surface area is 246 Å². The first-order chi connectivity index (χ1) is 17.0. The van der Waals surface area contributed by atoms with Crippen molar-refractivity contribution in [2.45, 2.75) is 40.0 Å². The van der Waals surface area contributed by atoms with E-state index in [0.717, 1.165) is 59.6 Å². The fourth-order valence-electron chi connectivity index (χ4n) is 3.63. The van der Waals surface area contributed by atoms with Gasteiger partial charge in [0.25, 0.3) is 0 Å². The molecule has 0 aliphatic carbocycles. The molecule has 226 valence electrons. The Hall–Kier alpha value is -2.72. The third-order valence-electron chi connectivity index (χ3n) is 4.99. The van der Waals surface area contributed by atoms with Gasteiger partial charge in [-0.05, 0) is 36.1 Å². The van der Waals surface area contributed by atoms with Crippen LogP contribution < -0.4 is 31.5 Å². The molecule has 2 radical (unpaired) electrons. The summed E-state index contributed by atoms with van der Waals surface area (Å²) in [5.74, 6) is 0.239. The molecule has 1 aliphatic heterocycles. The Kier molecular flexibility index (Phi) is 23.1. The second-order valence-corrected chi connectivity index (χ2v) is 7.98. The van der Waals surface area contributed by atoms with Crippen molar-refractivity contribution in [3.05, 3.63) is 88.3 Å². The van der Waals surface area contributed by atoms with Crippen LogP contribution in [0.2, 0.25) is 0 Å². The van der Waals surface area contributed by atoms with E-state index in [1.807, 2.05) is 38.1 Å². The Morgan fingerprint density at radius 1 is 0.564 bits per heavy atom. The van der Waals surface area contributed by atoms with Crippen LogP contribution in [0.4, 0.5) is 0 Å². The van der Waals surface area contributed by atoms with Gasteiger partial charge in [-0.3, -0.25) is 0 Å². The first kappa shape index (κ1) is 40.8. The van der Waals surface area contributed by atoms with Crippen molar-refractivity contribution in [3.63, 3.8) is 0 Å². The van der Waals surface area contributed by atoms with E-state index in [1.165, 1.54) is 0 Å². The van der Waals surface area contributed by atoms with Crippen LogP contribution in [0, 0.1) is 44.5 Å². The van der Waals surface area contributed by atoms with Gasteiger partial charge in [0, 0.05) is 52.4 Å². The van der Waals surface area contributed by atoms with Crippen LogP contribution in [-0.2, 0) is 60.3 Å². The van der Waals surface area contributed by atoms with E-state index in [9.17, 15) is 10.2 Å². The fourth-order valence-corrected chi connectivity index (χ4v) is 3.63. The van der Waals surface area contributed by atoms with Crippen LogP contribution in [0.25, 0.3) is 0 Å². The molecule has 1 heterocycles. The van der Waals surface area contributed by atoms with Gasteiger partial charge in [0.2, 0.25) is 0 Å². The minimum atomic E-state index is -1.75. The third-order valence-corrected chi connectivity index (χ3v) is 4.99. The largest absolute Gasteiger partial charge is 2.00 e. The molecule has 2 aromatic rings. The summed E-state index contributed by atoms with van der Waals surface area (Å²) in [6.07, 6.45) is 0. The van der Waals surface area contributed by atoms with Crippen LogP contribution in [0.15, 0.2) is 24.3 Å². The molecule has 2 aromatic carbocycles. The van der Waals surface area contributed by atoms with Crippen molar-refractivity contribution >= 4 is 0 Å². The van der Waals surface area contributed by atoms with E-state index in [4.69, 9.17) is 30.6 Å². The summed E-state index contributed by atoms with van der Waals surface area (Å²) in [6.45, 7) is 9.19. The molecule has 0 fully saturated rings. The summed E-state index contributed by atoms with van der Waals surface area (Å²) in [4.78, 5) is 16.5. The van der Waals surface area contributed by atoms with E-state index >= 15 is 0 Å². The second-order valence-electron chi connectivity index (χ2n) is 7.98. The Morgan fingerprint density at radius 3 is 0.923 bits per heavy atom. The Morgan fingerprint density at radius 2 is 0.744 bits per heavy atom. The molecule has 4 bridgehead atoms. The second kappa shape index (κ2) is 22.1. The van der Waals surface area contributed by atoms with Crippen LogP contribution >= 0.6 is 0 Å². The van der Waals surface area contributed by atoms with Crippen LogP contribution in [0.5, 0.6) is 11.5 Å². The minimum absolute atomic E-state index is 0. The van der Waals surface area contributed by atoms with Gasteiger partial charge in [0.15, 0.2) is 0 Å². The van der Waals surface area contributed by atoms with E-state index in [2.05, 4.69) is 21.3 Å². The normalized spacial score (nSPS) is 13.4. The zero-order valence-corrected chi connectivity index (χ0v) is 23.1. The average Bonchev–Trinajstić information content (AvgIpc) is 2.76. The number of benzene rings is 2. The molecule has 0 amide bonds. The summed E-state index contributed by atoms with van der Waals surface area (Å²) in [6, 6.07) is 7.85. The van der Waals surface area contributed by atoms with Gasteiger partial charge in [-0.2, -0.15) is 0 Å². The van der Waals surface area contributed by atoms with Crippen molar-refractivity contribution in [2.75, 3.05) is 26.2 Å². The zero-order chi connectivity index (χ0) is 27.1. The van der Waals surface area contributed by atoms with Gasteiger partial charge in [-0.25, -0.2) is 0 Å². The average molecular weight is 652 g/mol. The van der Waals surface area contributed by atoms with E-state index in [1.54, 1.807) is 0 Å². The van der Waals surface area contributed by atoms with E-state index in [-0.39, 0.29) is 51.1 Å². The van der Waals surface area contributed by atoms with Crippen LogP contribution in [0.3, 0.4) is 0 Å². The van der Waals surface area contributed by atoms with Gasteiger partial charge in [0.1, 0.15) is 0 Å². The third kappa shape index (κ3) is 17.5. The predicted molar refractivity (Wildman–Crippen MR) is 132 cm³/mol. The number of aryl methyl sites for hydroxylation is 2. The molecule has 15 nitrogen and oxygen atoms in total. The molecule has 1 aliphatic rings. The monoisotopic (exact) mass is 650 g/mol. The summed E-state index contributed by atoms with van der Waals surface area (Å²) in [5, 5.41) is 68.1. The van der Waals surface area contributed by atoms with E-state index < -0.39 is 10.2 Å². The van der Waals surface area contributed by atoms with Crippen LogP contribution in [0.1, 0.15) is 33.4 Å². The number of rotatable bonds is 0. The van der Waals surface area contributed by atoms with Gasteiger partial charge in [-0.1, -0.05) is 46.9 Å². The van der Waals surface area contributed by atoms with Gasteiger partial charge in [-0.15, -0.1) is 0 Å². The fraction of sp³-hybridized carbons (Fsp3) is 0.455. The zero-order valence-electron chi connectivity index (χ0n) is 21.2. The van der Waals surface area contributed by atoms with Crippen LogP contribution in [-0.4, -0.2) is 41.8 Å². The first-order valence-corrected chi connectivity index (χ1v) is 11.1. The first-order valence-electron chi connectivity index (χ1n) is 11.1. The molecule has 39 heavy (non-hydrogen) atoms.